The Bertz CT molecular complexity index is 983. The highest BCUT2D eigenvalue weighted by Gasteiger charge is 2.22. The molecule has 0 spiro atoms. The Balaban J connectivity index is 1.37. The highest BCUT2D eigenvalue weighted by Crippen LogP contribution is 2.35. The second-order valence-corrected chi connectivity index (χ2v) is 5.75. The van der Waals surface area contributed by atoms with Gasteiger partial charge in [0, 0.05) is 11.8 Å². The number of carbonyl (C=O) groups is 1. The second kappa shape index (κ2) is 5.69. The number of aliphatic imine (C=N–C) groups is 1. The summed E-state index contributed by atoms with van der Waals surface area (Å²) in [5.41, 5.74) is 1.83. The monoisotopic (exact) mass is 351 g/mol. The Hall–Kier alpha value is -3.68. The fourth-order valence-corrected chi connectivity index (χ4v) is 2.80. The van der Waals surface area contributed by atoms with Crippen LogP contribution in [-0.4, -0.2) is 25.5 Å². The number of hydrogen-bond acceptors (Lipinski definition) is 7. The van der Waals surface area contributed by atoms with E-state index in [-0.39, 0.29) is 19.5 Å². The number of nitrogens with zero attached hydrogens (tertiary/aromatic N) is 1. The van der Waals surface area contributed by atoms with Crippen LogP contribution >= 0.6 is 0 Å². The van der Waals surface area contributed by atoms with E-state index in [1.807, 2.05) is 12.1 Å². The van der Waals surface area contributed by atoms with Gasteiger partial charge < -0.3 is 24.3 Å². The zero-order valence-corrected chi connectivity index (χ0v) is 13.4. The fourth-order valence-electron chi connectivity index (χ4n) is 2.80. The molecule has 130 valence electrons. The lowest BCUT2D eigenvalue weighted by Crippen LogP contribution is -2.29. The number of fused-ring (bicyclic) bond motifs is 2. The van der Waals surface area contributed by atoms with Crippen molar-refractivity contribution in [3.8, 4) is 23.0 Å². The Morgan fingerprint density at radius 2 is 1.62 bits per heavy atom. The highest BCUT2D eigenvalue weighted by molar-refractivity contribution is 6.17. The third kappa shape index (κ3) is 2.57. The minimum absolute atomic E-state index is 0.206. The number of rotatable bonds is 2. The van der Waals surface area contributed by atoms with Crippen molar-refractivity contribution < 1.29 is 23.7 Å². The van der Waals surface area contributed by atoms with Crippen molar-refractivity contribution in [1.29, 1.82) is 0 Å². The quantitative estimate of drug-likeness (QED) is 0.805. The van der Waals surface area contributed by atoms with E-state index < -0.39 is 0 Å². The molecule has 8 nitrogen and oxygen atoms in total. The third-order valence-corrected chi connectivity index (χ3v) is 4.03. The Labute approximate surface area is 148 Å². The Morgan fingerprint density at radius 1 is 0.923 bits per heavy atom. The van der Waals surface area contributed by atoms with Crippen LogP contribution in [0.3, 0.4) is 0 Å². The molecule has 0 saturated carbocycles. The van der Waals surface area contributed by atoms with Gasteiger partial charge in [0.25, 0.3) is 5.91 Å². The molecule has 3 aliphatic heterocycles. The first-order valence-corrected chi connectivity index (χ1v) is 7.93. The van der Waals surface area contributed by atoms with E-state index >= 15 is 0 Å². The molecule has 0 fully saturated rings. The predicted molar refractivity (Wildman–Crippen MR) is 92.3 cm³/mol. The van der Waals surface area contributed by atoms with Gasteiger partial charge in [0.1, 0.15) is 5.70 Å². The lowest BCUT2D eigenvalue weighted by molar-refractivity contribution is -0.115. The molecule has 0 unspecified atom stereocenters. The molecule has 3 heterocycles. The first-order chi connectivity index (χ1) is 12.7. The van der Waals surface area contributed by atoms with Crippen LogP contribution in [0, 0.1) is 0 Å². The maximum absolute atomic E-state index is 12.2. The fraction of sp³-hybridized carbons (Fsp3) is 0.111. The van der Waals surface area contributed by atoms with E-state index in [0.29, 0.717) is 34.7 Å². The van der Waals surface area contributed by atoms with Gasteiger partial charge in [-0.3, -0.25) is 10.1 Å². The van der Waals surface area contributed by atoms with Crippen molar-refractivity contribution in [3.05, 3.63) is 47.7 Å². The van der Waals surface area contributed by atoms with Crippen LogP contribution in [0.15, 0.2) is 47.1 Å². The topological polar surface area (TPSA) is 90.4 Å². The van der Waals surface area contributed by atoms with E-state index in [2.05, 4.69) is 15.6 Å². The van der Waals surface area contributed by atoms with Crippen LogP contribution in [-0.2, 0) is 4.79 Å². The minimum Gasteiger partial charge on any atom is -0.454 e. The van der Waals surface area contributed by atoms with Gasteiger partial charge in [-0.15, -0.1) is 0 Å². The smallest absolute Gasteiger partial charge is 0.276 e. The average Bonchev–Trinajstić information content (AvgIpc) is 3.35. The van der Waals surface area contributed by atoms with Gasteiger partial charge in [0.15, 0.2) is 23.0 Å². The van der Waals surface area contributed by atoms with Crippen LogP contribution < -0.4 is 29.6 Å². The molecule has 0 radical (unpaired) electrons. The number of benzene rings is 2. The molecule has 2 N–H and O–H groups in total. The van der Waals surface area contributed by atoms with Crippen molar-refractivity contribution in [2.24, 2.45) is 4.99 Å². The van der Waals surface area contributed by atoms with Gasteiger partial charge in [-0.1, -0.05) is 6.07 Å². The predicted octanol–water partition coefficient (Wildman–Crippen LogP) is 2.08. The van der Waals surface area contributed by atoms with Crippen molar-refractivity contribution in [1.82, 2.24) is 5.32 Å². The number of amides is 1. The molecule has 0 aromatic heterocycles. The van der Waals surface area contributed by atoms with E-state index in [4.69, 9.17) is 18.9 Å². The first-order valence-electron chi connectivity index (χ1n) is 7.93. The summed E-state index contributed by atoms with van der Waals surface area (Å²) in [7, 11) is 0. The number of nitrogens with one attached hydrogen (secondary N) is 2. The number of carbonyl (C=O) groups excluding carboxylic acids is 1. The Kier molecular flexibility index (Phi) is 3.21. The molecule has 2 aromatic rings. The van der Waals surface area contributed by atoms with Crippen LogP contribution in [0.4, 0.5) is 5.69 Å². The number of ether oxygens (including phenoxy) is 4. The number of hydrogen-bond donors (Lipinski definition) is 2. The lowest BCUT2D eigenvalue weighted by Gasteiger charge is -2.05. The molecule has 0 atom stereocenters. The zero-order valence-electron chi connectivity index (χ0n) is 13.4. The summed E-state index contributed by atoms with van der Waals surface area (Å²) in [6.45, 7) is 0.413. The first kappa shape index (κ1) is 14.6. The molecule has 2 aromatic carbocycles. The highest BCUT2D eigenvalue weighted by atomic mass is 16.7. The van der Waals surface area contributed by atoms with Gasteiger partial charge in [0.2, 0.25) is 19.5 Å². The lowest BCUT2D eigenvalue weighted by atomic mass is 10.1. The largest absolute Gasteiger partial charge is 0.454 e. The summed E-state index contributed by atoms with van der Waals surface area (Å²) in [6.07, 6.45) is 1.69. The molecular formula is C18H13N3O5. The van der Waals surface area contributed by atoms with Gasteiger partial charge in [-0.05, 0) is 35.9 Å². The standard InChI is InChI=1S/C18H13N3O5/c22-17-12(5-10-1-3-13-15(6-10)25-8-23-13)20-18(21-17)19-11-2-4-14-16(7-11)26-9-24-14/h1-7H,8-9H2,(H2,19,20,21,22)/b12-5-. The van der Waals surface area contributed by atoms with Crippen molar-refractivity contribution in [3.63, 3.8) is 0 Å². The third-order valence-electron chi connectivity index (χ3n) is 4.03. The summed E-state index contributed by atoms with van der Waals surface area (Å²) in [6, 6.07) is 10.9. The molecule has 0 aliphatic carbocycles. The molecule has 5 rings (SSSR count). The summed E-state index contributed by atoms with van der Waals surface area (Å²) in [5.74, 6) is 2.75. The second-order valence-electron chi connectivity index (χ2n) is 5.75. The number of guanidine groups is 1. The van der Waals surface area contributed by atoms with E-state index in [0.717, 1.165) is 11.3 Å². The summed E-state index contributed by atoms with van der Waals surface area (Å²) >= 11 is 0. The van der Waals surface area contributed by atoms with Gasteiger partial charge >= 0.3 is 0 Å². The van der Waals surface area contributed by atoms with Gasteiger partial charge in [0.05, 0.1) is 0 Å². The zero-order chi connectivity index (χ0) is 17.5. The van der Waals surface area contributed by atoms with Crippen LogP contribution in [0.5, 0.6) is 23.0 Å². The van der Waals surface area contributed by atoms with E-state index in [9.17, 15) is 4.79 Å². The van der Waals surface area contributed by atoms with E-state index in [1.54, 1.807) is 30.3 Å². The maximum atomic E-state index is 12.2. The van der Waals surface area contributed by atoms with Gasteiger partial charge in [-0.2, -0.15) is 0 Å². The summed E-state index contributed by atoms with van der Waals surface area (Å²) < 4.78 is 21.2. The molecule has 1 amide bonds. The Morgan fingerprint density at radius 3 is 2.42 bits per heavy atom. The van der Waals surface area contributed by atoms with Gasteiger partial charge in [-0.25, -0.2) is 4.99 Å². The summed E-state index contributed by atoms with van der Waals surface area (Å²) in [5, 5.41) is 5.75. The van der Waals surface area contributed by atoms with Crippen LogP contribution in [0.25, 0.3) is 6.08 Å². The van der Waals surface area contributed by atoms with Crippen LogP contribution in [0.2, 0.25) is 0 Å². The molecule has 0 saturated heterocycles. The van der Waals surface area contributed by atoms with Crippen molar-refractivity contribution in [2.75, 3.05) is 18.9 Å². The minimum atomic E-state index is -0.286. The normalized spacial score (nSPS) is 18.1. The van der Waals surface area contributed by atoms with Crippen molar-refractivity contribution >= 4 is 23.6 Å². The van der Waals surface area contributed by atoms with E-state index in [1.165, 1.54) is 0 Å². The molecule has 3 aliphatic rings. The molecule has 26 heavy (non-hydrogen) atoms. The number of anilines is 1. The molecule has 8 heteroatoms. The maximum Gasteiger partial charge on any atom is 0.276 e. The van der Waals surface area contributed by atoms with Crippen LogP contribution in [0.1, 0.15) is 5.56 Å². The molecular weight excluding hydrogens is 338 g/mol. The summed E-state index contributed by atoms with van der Waals surface area (Å²) in [4.78, 5) is 16.5. The molecule has 0 bridgehead atoms. The van der Waals surface area contributed by atoms with Crippen molar-refractivity contribution in [2.45, 2.75) is 0 Å². The average molecular weight is 351 g/mol. The SMILES string of the molecule is O=C1NC(Nc2ccc3c(c2)OCO3)=N/C1=C\c1ccc2c(c1)OCO2.